The molecule has 0 bridgehead atoms. The second-order valence-electron chi connectivity index (χ2n) is 6.31. The van der Waals surface area contributed by atoms with Gasteiger partial charge in [-0.2, -0.15) is 0 Å². The number of benzene rings is 2. The first-order valence-corrected chi connectivity index (χ1v) is 8.72. The molecule has 1 amide bonds. The Kier molecular flexibility index (Phi) is 5.12. The van der Waals surface area contributed by atoms with Gasteiger partial charge in [0.15, 0.2) is 0 Å². The molecule has 0 spiro atoms. The Balaban J connectivity index is 2.12. The molecule has 5 heteroatoms. The maximum atomic E-state index is 13.2. The maximum absolute atomic E-state index is 13.2. The van der Waals surface area contributed by atoms with Crippen molar-refractivity contribution in [1.29, 1.82) is 0 Å². The van der Waals surface area contributed by atoms with Gasteiger partial charge in [0, 0.05) is 11.4 Å². The highest BCUT2D eigenvalue weighted by molar-refractivity contribution is 6.23. The minimum atomic E-state index is -0.538. The summed E-state index contributed by atoms with van der Waals surface area (Å²) in [6, 6.07) is 14.0. The van der Waals surface area contributed by atoms with Gasteiger partial charge in [0.2, 0.25) is 0 Å². The summed E-state index contributed by atoms with van der Waals surface area (Å²) >= 11 is 0. The lowest BCUT2D eigenvalue weighted by Crippen LogP contribution is -2.24. The van der Waals surface area contributed by atoms with E-state index >= 15 is 0 Å². The van der Waals surface area contributed by atoms with Gasteiger partial charge < -0.3 is 9.84 Å². The van der Waals surface area contributed by atoms with Crippen molar-refractivity contribution in [3.05, 3.63) is 76.5 Å². The third kappa shape index (κ3) is 3.62. The summed E-state index contributed by atoms with van der Waals surface area (Å²) in [4.78, 5) is 27.2. The van der Waals surface area contributed by atoms with Gasteiger partial charge in [0.25, 0.3) is 5.91 Å². The smallest absolute Gasteiger partial charge is 0.340 e. The zero-order chi connectivity index (χ0) is 19.6. The van der Waals surface area contributed by atoms with Crippen LogP contribution in [-0.4, -0.2) is 23.6 Å². The normalized spacial score (nSPS) is 15.6. The summed E-state index contributed by atoms with van der Waals surface area (Å²) in [6.07, 6.45) is 1.60. The molecule has 0 fully saturated rings. The number of anilines is 1. The molecule has 0 aromatic heterocycles. The van der Waals surface area contributed by atoms with Gasteiger partial charge >= 0.3 is 5.97 Å². The van der Waals surface area contributed by atoms with Crippen molar-refractivity contribution in [1.82, 2.24) is 0 Å². The second kappa shape index (κ2) is 7.50. The standard InChI is InChI=1S/C22H21NO4/c1-4-27-22(26)20-15(3)23(17-10-8-14(2)9-11-17)21(25)19(20)13-16-6-5-7-18(24)12-16/h5-13,24H,4H2,1-3H3/b19-13-. The first-order valence-electron chi connectivity index (χ1n) is 8.72. The number of allylic oxidation sites excluding steroid dienone is 1. The Morgan fingerprint density at radius 1 is 1.15 bits per heavy atom. The molecule has 0 atom stereocenters. The maximum Gasteiger partial charge on any atom is 0.340 e. The topological polar surface area (TPSA) is 66.8 Å². The van der Waals surface area contributed by atoms with E-state index in [1.165, 1.54) is 11.0 Å². The van der Waals surface area contributed by atoms with E-state index in [-0.39, 0.29) is 29.4 Å². The van der Waals surface area contributed by atoms with Gasteiger partial charge in [-0.05, 0) is 56.7 Å². The van der Waals surface area contributed by atoms with Crippen LogP contribution in [0.25, 0.3) is 6.08 Å². The van der Waals surface area contributed by atoms with E-state index in [4.69, 9.17) is 4.74 Å². The van der Waals surface area contributed by atoms with E-state index in [2.05, 4.69) is 0 Å². The van der Waals surface area contributed by atoms with E-state index in [1.54, 1.807) is 38.1 Å². The number of nitrogens with zero attached hydrogens (tertiary/aromatic N) is 1. The lowest BCUT2D eigenvalue weighted by atomic mass is 10.0. The van der Waals surface area contributed by atoms with Crippen LogP contribution in [0, 0.1) is 6.92 Å². The molecule has 3 rings (SSSR count). The average Bonchev–Trinajstić information content (AvgIpc) is 2.86. The monoisotopic (exact) mass is 363 g/mol. The van der Waals surface area contributed by atoms with Crippen LogP contribution >= 0.6 is 0 Å². The molecule has 5 nitrogen and oxygen atoms in total. The van der Waals surface area contributed by atoms with Gasteiger partial charge in [-0.15, -0.1) is 0 Å². The fraction of sp³-hybridized carbons (Fsp3) is 0.182. The summed E-state index contributed by atoms with van der Waals surface area (Å²) in [5, 5.41) is 9.69. The Hall–Kier alpha value is -3.34. The van der Waals surface area contributed by atoms with Crippen molar-refractivity contribution >= 4 is 23.6 Å². The highest BCUT2D eigenvalue weighted by Gasteiger charge is 2.38. The van der Waals surface area contributed by atoms with Crippen LogP contribution in [0.1, 0.15) is 25.0 Å². The van der Waals surface area contributed by atoms with Crippen LogP contribution in [0.5, 0.6) is 5.75 Å². The summed E-state index contributed by atoms with van der Waals surface area (Å²) < 4.78 is 5.17. The van der Waals surface area contributed by atoms with Crippen LogP contribution in [0.3, 0.4) is 0 Å². The minimum absolute atomic E-state index is 0.0866. The first-order chi connectivity index (χ1) is 12.9. The predicted molar refractivity (Wildman–Crippen MR) is 104 cm³/mol. The lowest BCUT2D eigenvalue weighted by Gasteiger charge is -2.18. The number of amides is 1. The van der Waals surface area contributed by atoms with Crippen LogP contribution in [0.4, 0.5) is 5.69 Å². The van der Waals surface area contributed by atoms with Gasteiger partial charge in [-0.3, -0.25) is 9.69 Å². The van der Waals surface area contributed by atoms with E-state index in [0.29, 0.717) is 16.9 Å². The van der Waals surface area contributed by atoms with E-state index in [9.17, 15) is 14.7 Å². The third-order valence-electron chi connectivity index (χ3n) is 4.35. The molecule has 0 radical (unpaired) electrons. The molecule has 1 aliphatic heterocycles. The van der Waals surface area contributed by atoms with Gasteiger partial charge in [-0.1, -0.05) is 29.8 Å². The van der Waals surface area contributed by atoms with Crippen molar-refractivity contribution in [2.75, 3.05) is 11.5 Å². The number of esters is 1. The van der Waals surface area contributed by atoms with Crippen LogP contribution in [0.15, 0.2) is 65.4 Å². The molecule has 1 heterocycles. The summed E-state index contributed by atoms with van der Waals surface area (Å²) in [5.74, 6) is -0.754. The number of phenolic OH excluding ortho intramolecular Hbond substituents is 1. The third-order valence-corrected chi connectivity index (χ3v) is 4.35. The quantitative estimate of drug-likeness (QED) is 0.659. The number of carbonyl (C=O) groups excluding carboxylic acids is 2. The average molecular weight is 363 g/mol. The Labute approximate surface area is 158 Å². The van der Waals surface area contributed by atoms with Crippen molar-refractivity contribution in [2.24, 2.45) is 0 Å². The Morgan fingerprint density at radius 3 is 2.48 bits per heavy atom. The van der Waals surface area contributed by atoms with Gasteiger partial charge in [0.05, 0.1) is 17.8 Å². The molecule has 1 aliphatic rings. The number of aryl methyl sites for hydroxylation is 1. The Morgan fingerprint density at radius 2 is 1.85 bits per heavy atom. The highest BCUT2D eigenvalue weighted by Crippen LogP contribution is 2.35. The lowest BCUT2D eigenvalue weighted by molar-refractivity contribution is -0.138. The molecule has 0 saturated carbocycles. The summed E-state index contributed by atoms with van der Waals surface area (Å²) in [5.41, 5.74) is 3.40. The summed E-state index contributed by atoms with van der Waals surface area (Å²) in [7, 11) is 0. The van der Waals surface area contributed by atoms with Crippen molar-refractivity contribution < 1.29 is 19.4 Å². The molecule has 0 saturated heterocycles. The molecular formula is C22H21NO4. The van der Waals surface area contributed by atoms with Crippen LogP contribution in [0.2, 0.25) is 0 Å². The number of hydrogen-bond acceptors (Lipinski definition) is 4. The molecule has 2 aromatic carbocycles. The number of hydrogen-bond donors (Lipinski definition) is 1. The number of rotatable bonds is 4. The molecule has 138 valence electrons. The SMILES string of the molecule is CCOC(=O)C1=C(C)N(c2ccc(C)cc2)C(=O)/C1=C\c1cccc(O)c1. The van der Waals surface area contributed by atoms with E-state index in [0.717, 1.165) is 5.56 Å². The number of aromatic hydroxyl groups is 1. The molecule has 1 N–H and O–H groups in total. The van der Waals surface area contributed by atoms with Crippen molar-refractivity contribution in [3.8, 4) is 5.75 Å². The number of ether oxygens (including phenoxy) is 1. The van der Waals surface area contributed by atoms with Crippen LogP contribution in [-0.2, 0) is 14.3 Å². The largest absolute Gasteiger partial charge is 0.508 e. The zero-order valence-corrected chi connectivity index (χ0v) is 15.5. The minimum Gasteiger partial charge on any atom is -0.508 e. The Bertz CT molecular complexity index is 955. The van der Waals surface area contributed by atoms with E-state index < -0.39 is 5.97 Å². The first kappa shape index (κ1) is 18.5. The summed E-state index contributed by atoms with van der Waals surface area (Å²) in [6.45, 7) is 5.64. The predicted octanol–water partition coefficient (Wildman–Crippen LogP) is 3.97. The molecular weight excluding hydrogens is 342 g/mol. The van der Waals surface area contributed by atoms with E-state index in [1.807, 2.05) is 31.2 Å². The molecule has 2 aromatic rings. The molecule has 27 heavy (non-hydrogen) atoms. The van der Waals surface area contributed by atoms with Crippen LogP contribution < -0.4 is 4.90 Å². The fourth-order valence-corrected chi connectivity index (χ4v) is 3.07. The second-order valence-corrected chi connectivity index (χ2v) is 6.31. The van der Waals surface area contributed by atoms with Gasteiger partial charge in [-0.25, -0.2) is 4.79 Å². The molecule has 0 unspecified atom stereocenters. The van der Waals surface area contributed by atoms with Crippen molar-refractivity contribution in [2.45, 2.75) is 20.8 Å². The zero-order valence-electron chi connectivity index (χ0n) is 15.5. The number of phenols is 1. The van der Waals surface area contributed by atoms with Crippen molar-refractivity contribution in [3.63, 3.8) is 0 Å². The molecule has 0 aliphatic carbocycles. The highest BCUT2D eigenvalue weighted by atomic mass is 16.5. The number of carbonyl (C=O) groups is 2. The van der Waals surface area contributed by atoms with Gasteiger partial charge in [0.1, 0.15) is 5.75 Å². The fourth-order valence-electron chi connectivity index (χ4n) is 3.07.